The lowest BCUT2D eigenvalue weighted by Gasteiger charge is -2.55. The lowest BCUT2D eigenvalue weighted by Crippen LogP contribution is -2.69. The number of anilines is 1. The molecule has 2 heterocycles. The Morgan fingerprint density at radius 2 is 1.85 bits per heavy atom. The van der Waals surface area contributed by atoms with E-state index in [1.807, 2.05) is 54.6 Å². The molecule has 5 nitrogen and oxygen atoms in total. The first kappa shape index (κ1) is 16.4. The average Bonchev–Trinajstić information content (AvgIpc) is 2.67. The largest absolute Gasteiger partial charge is 0.467 e. The van der Waals surface area contributed by atoms with Crippen molar-refractivity contribution >= 4 is 17.5 Å². The topological polar surface area (TPSA) is 67.4 Å². The molecule has 1 aliphatic carbocycles. The van der Waals surface area contributed by atoms with E-state index >= 15 is 0 Å². The van der Waals surface area contributed by atoms with Crippen LogP contribution in [0.2, 0.25) is 0 Å². The zero-order chi connectivity index (χ0) is 18.4. The number of hydrogen-bond donors (Lipinski definition) is 2. The minimum Gasteiger partial charge on any atom is -0.467 e. The van der Waals surface area contributed by atoms with Crippen molar-refractivity contribution in [1.29, 1.82) is 0 Å². The van der Waals surface area contributed by atoms with E-state index in [9.17, 15) is 9.59 Å². The van der Waals surface area contributed by atoms with Crippen LogP contribution in [0.4, 0.5) is 5.69 Å². The maximum atomic E-state index is 13.1. The van der Waals surface area contributed by atoms with Gasteiger partial charge < -0.3 is 15.4 Å². The highest BCUT2D eigenvalue weighted by Crippen LogP contribution is 2.55. The number of benzene rings is 2. The maximum absolute atomic E-state index is 13.1. The van der Waals surface area contributed by atoms with Crippen LogP contribution in [0.5, 0.6) is 5.75 Å². The Hall–Kier alpha value is -2.82. The number of hydrogen-bond acceptors (Lipinski definition) is 3. The highest BCUT2D eigenvalue weighted by molar-refractivity contribution is 6.08. The van der Waals surface area contributed by atoms with Crippen LogP contribution >= 0.6 is 0 Å². The summed E-state index contributed by atoms with van der Waals surface area (Å²) < 4.78 is 6.35. The van der Waals surface area contributed by atoms with Crippen molar-refractivity contribution in [1.82, 2.24) is 5.32 Å². The third kappa shape index (κ3) is 2.52. The number of ether oxygens (including phenoxy) is 1. The van der Waals surface area contributed by atoms with Crippen LogP contribution in [-0.4, -0.2) is 17.5 Å². The van der Waals surface area contributed by atoms with Gasteiger partial charge in [0.2, 0.25) is 11.8 Å². The molecule has 0 unspecified atom stereocenters. The van der Waals surface area contributed by atoms with Crippen molar-refractivity contribution in [2.45, 2.75) is 37.3 Å². The molecule has 138 valence electrons. The van der Waals surface area contributed by atoms with Crippen molar-refractivity contribution in [3.63, 3.8) is 0 Å². The molecule has 2 bridgehead atoms. The third-order valence-corrected chi connectivity index (χ3v) is 6.22. The van der Waals surface area contributed by atoms with E-state index in [-0.39, 0.29) is 23.7 Å². The van der Waals surface area contributed by atoms with E-state index < -0.39 is 11.6 Å². The third-order valence-electron chi connectivity index (χ3n) is 6.22. The van der Waals surface area contributed by atoms with Crippen molar-refractivity contribution in [3.05, 3.63) is 60.2 Å². The summed E-state index contributed by atoms with van der Waals surface area (Å²) in [5, 5.41) is 6.03. The predicted molar refractivity (Wildman–Crippen MR) is 101 cm³/mol. The summed E-state index contributed by atoms with van der Waals surface area (Å²) in [7, 11) is 0. The Morgan fingerprint density at radius 3 is 2.70 bits per heavy atom. The number of amides is 2. The van der Waals surface area contributed by atoms with E-state index in [0.29, 0.717) is 5.69 Å². The number of rotatable bonds is 2. The second-order valence-corrected chi connectivity index (χ2v) is 7.73. The number of carbonyl (C=O) groups excluding carboxylic acids is 2. The van der Waals surface area contributed by atoms with Crippen molar-refractivity contribution < 1.29 is 14.3 Å². The number of para-hydroxylation sites is 2. The molecule has 2 amide bonds. The Kier molecular flexibility index (Phi) is 3.71. The summed E-state index contributed by atoms with van der Waals surface area (Å²) in [6, 6.07) is 17.1. The standard InChI is InChI=1S/C22H22N2O3/c25-20(23-14-8-2-1-3-9-14)19-18-15-10-4-5-12-17(15)27-22(24-21(19)26)13-7-6-11-16(18)22/h1-5,8-10,12,16,18-19H,6-7,11,13H2,(H,23,25)(H,24,26)/t16-,18-,19+,22+/m1/s1. The van der Waals surface area contributed by atoms with Crippen molar-refractivity contribution in [3.8, 4) is 5.75 Å². The average molecular weight is 362 g/mol. The maximum Gasteiger partial charge on any atom is 0.237 e. The SMILES string of the molecule is O=C(Nc1ccccc1)[C@H]1C(=O)N[C@]23CCCC[C@@H]2[C@H]1c1ccccc1O3. The Balaban J connectivity index is 1.57. The number of piperidine rings is 1. The molecule has 2 aromatic carbocycles. The fraction of sp³-hybridized carbons (Fsp3) is 0.364. The molecule has 2 aliphatic heterocycles. The van der Waals surface area contributed by atoms with Crippen LogP contribution in [0.25, 0.3) is 0 Å². The van der Waals surface area contributed by atoms with E-state index in [4.69, 9.17) is 4.74 Å². The lowest BCUT2D eigenvalue weighted by molar-refractivity contribution is -0.160. The molecule has 0 spiro atoms. The quantitative estimate of drug-likeness (QED) is 0.805. The first-order valence-corrected chi connectivity index (χ1v) is 9.64. The van der Waals surface area contributed by atoms with Crippen LogP contribution in [0.3, 0.4) is 0 Å². The second kappa shape index (κ2) is 6.12. The summed E-state index contributed by atoms with van der Waals surface area (Å²) in [6.07, 6.45) is 3.86. The molecule has 5 rings (SSSR count). The van der Waals surface area contributed by atoms with E-state index in [1.165, 1.54) is 0 Å². The van der Waals surface area contributed by atoms with Gasteiger partial charge in [0.15, 0.2) is 5.72 Å². The Labute approximate surface area is 158 Å². The van der Waals surface area contributed by atoms with Crippen molar-refractivity contribution in [2.75, 3.05) is 5.32 Å². The molecule has 0 radical (unpaired) electrons. The molecule has 3 aliphatic rings. The van der Waals surface area contributed by atoms with Gasteiger partial charge in [-0.05, 0) is 36.6 Å². The molecular formula is C22H22N2O3. The summed E-state index contributed by atoms with van der Waals surface area (Å²) in [4.78, 5) is 26.2. The van der Waals surface area contributed by atoms with Gasteiger partial charge in [-0.1, -0.05) is 42.8 Å². The first-order chi connectivity index (χ1) is 13.2. The molecule has 27 heavy (non-hydrogen) atoms. The number of nitrogens with one attached hydrogen (secondary N) is 2. The van der Waals surface area contributed by atoms with Gasteiger partial charge in [-0.25, -0.2) is 0 Å². The smallest absolute Gasteiger partial charge is 0.237 e. The van der Waals surface area contributed by atoms with Crippen LogP contribution in [0.15, 0.2) is 54.6 Å². The summed E-state index contributed by atoms with van der Waals surface area (Å²) >= 11 is 0. The zero-order valence-corrected chi connectivity index (χ0v) is 15.0. The Morgan fingerprint density at radius 1 is 1.07 bits per heavy atom. The molecule has 0 aromatic heterocycles. The van der Waals surface area contributed by atoms with Gasteiger partial charge in [0.1, 0.15) is 11.7 Å². The zero-order valence-electron chi connectivity index (χ0n) is 15.0. The molecule has 2 N–H and O–H groups in total. The number of carbonyl (C=O) groups is 2. The predicted octanol–water partition coefficient (Wildman–Crippen LogP) is 3.43. The van der Waals surface area contributed by atoms with Crippen LogP contribution in [-0.2, 0) is 9.59 Å². The molecule has 1 saturated heterocycles. The molecular weight excluding hydrogens is 340 g/mol. The molecule has 2 fully saturated rings. The van der Waals surface area contributed by atoms with Crippen molar-refractivity contribution in [2.24, 2.45) is 11.8 Å². The fourth-order valence-corrected chi connectivity index (χ4v) is 5.09. The fourth-order valence-electron chi connectivity index (χ4n) is 5.09. The van der Waals surface area contributed by atoms with E-state index in [2.05, 4.69) is 10.6 Å². The van der Waals surface area contributed by atoms with Gasteiger partial charge in [0.05, 0.1) is 0 Å². The van der Waals surface area contributed by atoms with Gasteiger partial charge >= 0.3 is 0 Å². The highest BCUT2D eigenvalue weighted by atomic mass is 16.5. The normalized spacial score (nSPS) is 31.0. The second-order valence-electron chi connectivity index (χ2n) is 7.73. The Bertz CT molecular complexity index is 897. The van der Waals surface area contributed by atoms with Crippen LogP contribution in [0, 0.1) is 11.8 Å². The van der Waals surface area contributed by atoms with Gasteiger partial charge in [-0.2, -0.15) is 0 Å². The van der Waals surface area contributed by atoms with Gasteiger partial charge in [0, 0.05) is 23.9 Å². The van der Waals surface area contributed by atoms with Crippen LogP contribution < -0.4 is 15.4 Å². The number of fused-ring (bicyclic) bond motifs is 2. The molecule has 4 atom stereocenters. The minimum absolute atomic E-state index is 0.116. The van der Waals surface area contributed by atoms with Gasteiger partial charge in [-0.15, -0.1) is 0 Å². The summed E-state index contributed by atoms with van der Waals surface area (Å²) in [5.41, 5.74) is 1.01. The van der Waals surface area contributed by atoms with E-state index in [1.54, 1.807) is 0 Å². The summed E-state index contributed by atoms with van der Waals surface area (Å²) in [5.74, 6) is -0.497. The van der Waals surface area contributed by atoms with Gasteiger partial charge in [-0.3, -0.25) is 9.59 Å². The molecule has 2 aromatic rings. The minimum atomic E-state index is -0.758. The van der Waals surface area contributed by atoms with Gasteiger partial charge in [0.25, 0.3) is 0 Å². The highest BCUT2D eigenvalue weighted by Gasteiger charge is 2.60. The molecule has 1 saturated carbocycles. The monoisotopic (exact) mass is 362 g/mol. The lowest BCUT2D eigenvalue weighted by atomic mass is 9.62. The summed E-state index contributed by atoms with van der Waals surface area (Å²) in [6.45, 7) is 0. The first-order valence-electron chi connectivity index (χ1n) is 9.64. The molecule has 5 heteroatoms. The van der Waals surface area contributed by atoms with E-state index in [0.717, 1.165) is 37.0 Å². The van der Waals surface area contributed by atoms with Crippen LogP contribution in [0.1, 0.15) is 37.2 Å².